The number of aromatic nitrogens is 2. The Labute approximate surface area is 193 Å². The smallest absolute Gasteiger partial charge is 0.274 e. The van der Waals surface area contributed by atoms with Gasteiger partial charge in [-0.1, -0.05) is 6.07 Å². The average molecular weight is 454 g/mol. The molecular weight excluding hydrogens is 422 g/mol. The Morgan fingerprint density at radius 2 is 1.97 bits per heavy atom. The van der Waals surface area contributed by atoms with E-state index in [2.05, 4.69) is 10.6 Å². The van der Waals surface area contributed by atoms with E-state index in [0.717, 1.165) is 46.2 Å². The minimum Gasteiger partial charge on any atom is -0.493 e. The molecule has 170 valence electrons. The number of rotatable bonds is 5. The molecular formula is C25H31N3O3S. The van der Waals surface area contributed by atoms with Gasteiger partial charge in [-0.15, -0.1) is 11.3 Å². The number of hydrogen-bond acceptors (Lipinski definition) is 5. The summed E-state index contributed by atoms with van der Waals surface area (Å²) in [6.07, 6.45) is 1.56. The van der Waals surface area contributed by atoms with Gasteiger partial charge in [0.15, 0.2) is 23.0 Å². The molecule has 1 amide bonds. The Balaban J connectivity index is 1.94. The molecule has 1 aliphatic rings. The molecule has 2 aromatic heterocycles. The zero-order valence-electron chi connectivity index (χ0n) is 19.9. The minimum absolute atomic E-state index is 0.0159. The molecule has 1 aromatic carbocycles. The lowest BCUT2D eigenvalue weighted by Crippen LogP contribution is -2.43. The topological polar surface area (TPSA) is 56.6 Å². The van der Waals surface area contributed by atoms with Crippen molar-refractivity contribution in [3.63, 3.8) is 0 Å². The molecule has 0 fully saturated rings. The molecule has 6 nitrogen and oxygen atoms in total. The van der Waals surface area contributed by atoms with Crippen LogP contribution in [-0.2, 0) is 12.8 Å². The summed E-state index contributed by atoms with van der Waals surface area (Å²) in [5, 5.41) is 2.03. The molecule has 1 aliphatic heterocycles. The normalized spacial score (nSPS) is 13.0. The van der Waals surface area contributed by atoms with Crippen molar-refractivity contribution in [2.75, 3.05) is 14.2 Å². The number of carbonyl (C=O) groups excluding carboxylic acids is 1. The number of nitrogens with zero attached hydrogens (tertiary/aromatic N) is 3. The summed E-state index contributed by atoms with van der Waals surface area (Å²) < 4.78 is 13.8. The van der Waals surface area contributed by atoms with E-state index < -0.39 is 0 Å². The highest BCUT2D eigenvalue weighted by atomic mass is 32.1. The molecule has 0 aliphatic carbocycles. The maximum atomic E-state index is 13.5. The molecule has 7 heteroatoms. The van der Waals surface area contributed by atoms with E-state index in [0.29, 0.717) is 11.4 Å². The molecule has 0 saturated heterocycles. The second kappa shape index (κ2) is 8.28. The van der Waals surface area contributed by atoms with Gasteiger partial charge in [0.2, 0.25) is 0 Å². The van der Waals surface area contributed by atoms with Crippen LogP contribution < -0.4 is 9.47 Å². The number of thiophene rings is 1. The van der Waals surface area contributed by atoms with Crippen LogP contribution in [0, 0.1) is 0 Å². The number of benzene rings is 1. The van der Waals surface area contributed by atoms with Crippen molar-refractivity contribution < 1.29 is 14.3 Å². The molecule has 4 rings (SSSR count). The van der Waals surface area contributed by atoms with Crippen LogP contribution in [0.5, 0.6) is 11.5 Å². The zero-order valence-corrected chi connectivity index (χ0v) is 20.7. The highest BCUT2D eigenvalue weighted by molar-refractivity contribution is 7.13. The highest BCUT2D eigenvalue weighted by Crippen LogP contribution is 2.40. The van der Waals surface area contributed by atoms with E-state index in [1.807, 2.05) is 65.2 Å². The maximum absolute atomic E-state index is 13.5. The second-order valence-electron chi connectivity index (χ2n) is 9.38. The van der Waals surface area contributed by atoms with Crippen LogP contribution in [-0.4, -0.2) is 46.2 Å². The number of amides is 1. The van der Waals surface area contributed by atoms with E-state index in [9.17, 15) is 4.79 Å². The van der Waals surface area contributed by atoms with Crippen LogP contribution in [0.2, 0.25) is 0 Å². The summed E-state index contributed by atoms with van der Waals surface area (Å²) in [5.74, 6) is 2.16. The van der Waals surface area contributed by atoms with Crippen LogP contribution in [0.1, 0.15) is 56.4 Å². The first kappa shape index (κ1) is 22.4. The number of ether oxygens (including phenoxy) is 2. The van der Waals surface area contributed by atoms with Gasteiger partial charge in [-0.05, 0) is 70.5 Å². The fraction of sp³-hybridized carbons (Fsp3) is 0.440. The third-order valence-corrected chi connectivity index (χ3v) is 6.69. The van der Waals surface area contributed by atoms with Crippen molar-refractivity contribution in [3.05, 3.63) is 46.6 Å². The average Bonchev–Trinajstić information content (AvgIpc) is 3.38. The van der Waals surface area contributed by atoms with Gasteiger partial charge in [-0.25, -0.2) is 4.98 Å². The fourth-order valence-corrected chi connectivity index (χ4v) is 4.61. The lowest BCUT2D eigenvalue weighted by atomic mass is 9.98. The SMILES string of the molecule is COc1cc2c(cc1OC(C)C)-n1c(-c3cccs3)nc(C(=O)N(C)C(C)(C)C)c1CC2. The summed E-state index contributed by atoms with van der Waals surface area (Å²) >= 11 is 1.62. The monoisotopic (exact) mass is 453 g/mol. The van der Waals surface area contributed by atoms with Gasteiger partial charge >= 0.3 is 0 Å². The van der Waals surface area contributed by atoms with Crippen molar-refractivity contribution in [1.82, 2.24) is 14.5 Å². The molecule has 0 radical (unpaired) electrons. The van der Waals surface area contributed by atoms with Gasteiger partial charge in [-0.2, -0.15) is 0 Å². The molecule has 32 heavy (non-hydrogen) atoms. The summed E-state index contributed by atoms with van der Waals surface area (Å²) in [4.78, 5) is 21.2. The van der Waals surface area contributed by atoms with E-state index >= 15 is 0 Å². The summed E-state index contributed by atoms with van der Waals surface area (Å²) in [6, 6.07) is 8.13. The number of imidazole rings is 1. The summed E-state index contributed by atoms with van der Waals surface area (Å²) in [7, 11) is 3.51. The van der Waals surface area contributed by atoms with E-state index in [1.54, 1.807) is 23.3 Å². The summed E-state index contributed by atoms with van der Waals surface area (Å²) in [5.41, 5.74) is 3.33. The lowest BCUT2D eigenvalue weighted by molar-refractivity contribution is 0.0649. The second-order valence-corrected chi connectivity index (χ2v) is 10.3. The predicted molar refractivity (Wildman–Crippen MR) is 128 cm³/mol. The van der Waals surface area contributed by atoms with Crippen molar-refractivity contribution in [2.45, 2.75) is 59.1 Å². The molecule has 3 aromatic rings. The Bertz CT molecular complexity index is 1140. The number of hydrogen-bond donors (Lipinski definition) is 0. The van der Waals surface area contributed by atoms with Crippen molar-refractivity contribution in [1.29, 1.82) is 0 Å². The van der Waals surface area contributed by atoms with E-state index in [1.165, 1.54) is 0 Å². The van der Waals surface area contributed by atoms with Crippen LogP contribution in [0.15, 0.2) is 29.6 Å². The largest absolute Gasteiger partial charge is 0.493 e. The third kappa shape index (κ3) is 3.90. The number of aryl methyl sites for hydroxylation is 1. The van der Waals surface area contributed by atoms with Gasteiger partial charge in [0.25, 0.3) is 5.91 Å². The first-order chi connectivity index (χ1) is 15.1. The Hall–Kier alpha value is -2.80. The van der Waals surface area contributed by atoms with Crippen molar-refractivity contribution in [2.24, 2.45) is 0 Å². The van der Waals surface area contributed by atoms with Crippen LogP contribution >= 0.6 is 11.3 Å². The quantitative estimate of drug-likeness (QED) is 0.521. The molecule has 0 N–H and O–H groups in total. The van der Waals surface area contributed by atoms with Gasteiger partial charge in [0.1, 0.15) is 0 Å². The lowest BCUT2D eigenvalue weighted by Gasteiger charge is -2.32. The van der Waals surface area contributed by atoms with Crippen molar-refractivity contribution >= 4 is 17.2 Å². The first-order valence-electron chi connectivity index (χ1n) is 10.9. The third-order valence-electron chi connectivity index (χ3n) is 5.83. The maximum Gasteiger partial charge on any atom is 0.274 e. The molecule has 0 unspecified atom stereocenters. The van der Waals surface area contributed by atoms with Crippen LogP contribution in [0.4, 0.5) is 0 Å². The Morgan fingerprint density at radius 1 is 1.22 bits per heavy atom. The predicted octanol–water partition coefficient (Wildman–Crippen LogP) is 5.37. The first-order valence-corrected chi connectivity index (χ1v) is 11.8. The fourth-order valence-electron chi connectivity index (χ4n) is 3.91. The van der Waals surface area contributed by atoms with Gasteiger partial charge < -0.3 is 14.4 Å². The van der Waals surface area contributed by atoms with Crippen LogP contribution in [0.3, 0.4) is 0 Å². The standard InChI is InChI=1S/C25H31N3O3S/c1-15(2)31-20-14-18-16(13-19(20)30-7)10-11-17-22(24(29)27(6)25(3,4)5)26-23(28(17)18)21-9-8-12-32-21/h8-9,12-15H,10-11H2,1-7H3. The van der Waals surface area contributed by atoms with Gasteiger partial charge in [0.05, 0.1) is 29.5 Å². The van der Waals surface area contributed by atoms with Crippen molar-refractivity contribution in [3.8, 4) is 27.9 Å². The van der Waals surface area contributed by atoms with E-state index in [-0.39, 0.29) is 17.6 Å². The molecule has 3 heterocycles. The molecule has 0 bridgehead atoms. The Morgan fingerprint density at radius 3 is 2.56 bits per heavy atom. The highest BCUT2D eigenvalue weighted by Gasteiger charge is 2.33. The number of fused-ring (bicyclic) bond motifs is 3. The van der Waals surface area contributed by atoms with Gasteiger partial charge in [-0.3, -0.25) is 9.36 Å². The van der Waals surface area contributed by atoms with Gasteiger partial charge in [0, 0.05) is 18.7 Å². The summed E-state index contributed by atoms with van der Waals surface area (Å²) in [6.45, 7) is 10.1. The molecule has 0 atom stereocenters. The Kier molecular flexibility index (Phi) is 5.79. The minimum atomic E-state index is -0.297. The molecule has 0 spiro atoms. The molecule has 0 saturated carbocycles. The number of carbonyl (C=O) groups is 1. The van der Waals surface area contributed by atoms with E-state index in [4.69, 9.17) is 14.5 Å². The zero-order chi connectivity index (χ0) is 23.2. The number of methoxy groups -OCH3 is 1. The van der Waals surface area contributed by atoms with Crippen LogP contribution in [0.25, 0.3) is 16.4 Å².